The highest BCUT2D eigenvalue weighted by Gasteiger charge is 2.21. The van der Waals surface area contributed by atoms with Crippen molar-refractivity contribution in [1.82, 2.24) is 10.2 Å². The Hall–Kier alpha value is -1.55. The molecule has 20 heavy (non-hydrogen) atoms. The van der Waals surface area contributed by atoms with Gasteiger partial charge in [0.15, 0.2) is 0 Å². The Balaban J connectivity index is 1.90. The van der Waals surface area contributed by atoms with Crippen molar-refractivity contribution in [3.8, 4) is 5.75 Å². The van der Waals surface area contributed by atoms with Crippen LogP contribution in [0.2, 0.25) is 0 Å². The number of rotatable bonds is 3. The van der Waals surface area contributed by atoms with Gasteiger partial charge in [-0.2, -0.15) is 0 Å². The number of aromatic hydroxyl groups is 1. The van der Waals surface area contributed by atoms with Crippen LogP contribution in [0.3, 0.4) is 0 Å². The molecule has 1 aliphatic heterocycles. The average molecular weight is 276 g/mol. The maximum absolute atomic E-state index is 12.2. The van der Waals surface area contributed by atoms with Gasteiger partial charge in [-0.3, -0.25) is 4.79 Å². The Morgan fingerprint density at radius 3 is 2.80 bits per heavy atom. The summed E-state index contributed by atoms with van der Waals surface area (Å²) < 4.78 is 0. The molecule has 1 aromatic carbocycles. The molecule has 0 fully saturated rings. The molecule has 1 amide bonds. The van der Waals surface area contributed by atoms with Gasteiger partial charge in [-0.15, -0.1) is 0 Å². The van der Waals surface area contributed by atoms with Crippen LogP contribution in [0, 0.1) is 0 Å². The number of amides is 1. The van der Waals surface area contributed by atoms with Gasteiger partial charge in [-0.25, -0.2) is 0 Å². The van der Waals surface area contributed by atoms with E-state index < -0.39 is 0 Å². The van der Waals surface area contributed by atoms with Crippen molar-refractivity contribution in [2.45, 2.75) is 45.7 Å². The largest absolute Gasteiger partial charge is 0.508 e. The smallest absolute Gasteiger partial charge is 0.224 e. The van der Waals surface area contributed by atoms with E-state index in [-0.39, 0.29) is 17.2 Å². The molecular formula is C16H24N2O2. The van der Waals surface area contributed by atoms with Crippen molar-refractivity contribution in [3.63, 3.8) is 0 Å². The first-order valence-electron chi connectivity index (χ1n) is 7.19. The van der Waals surface area contributed by atoms with Crippen LogP contribution in [0.1, 0.15) is 38.3 Å². The second-order valence-corrected chi connectivity index (χ2v) is 6.45. The molecule has 0 aliphatic carbocycles. The second-order valence-electron chi connectivity index (χ2n) is 6.45. The maximum Gasteiger partial charge on any atom is 0.224 e. The molecule has 4 heteroatoms. The Bertz CT molecular complexity index is 492. The Kier molecular flexibility index (Phi) is 4.33. The molecule has 0 unspecified atom stereocenters. The summed E-state index contributed by atoms with van der Waals surface area (Å²) in [6.07, 6.45) is 1.39. The van der Waals surface area contributed by atoms with Gasteiger partial charge in [0, 0.05) is 31.6 Å². The second kappa shape index (κ2) is 5.83. The van der Waals surface area contributed by atoms with Crippen LogP contribution in [0.5, 0.6) is 5.75 Å². The number of fused-ring (bicyclic) bond motifs is 1. The third-order valence-corrected chi connectivity index (χ3v) is 3.55. The van der Waals surface area contributed by atoms with Gasteiger partial charge < -0.3 is 15.3 Å². The predicted octanol–water partition coefficient (Wildman–Crippen LogP) is 2.06. The summed E-state index contributed by atoms with van der Waals surface area (Å²) in [5.41, 5.74) is 2.34. The van der Waals surface area contributed by atoms with Gasteiger partial charge in [0.2, 0.25) is 5.91 Å². The minimum absolute atomic E-state index is 0.0422. The van der Waals surface area contributed by atoms with Crippen molar-refractivity contribution in [3.05, 3.63) is 29.3 Å². The van der Waals surface area contributed by atoms with Crippen molar-refractivity contribution in [1.29, 1.82) is 0 Å². The standard InChI is InChI=1S/C16H24N2O2/c1-16(2,3)17-8-6-15(20)18-9-7-12-4-5-14(19)10-13(12)11-18/h4-5,10,17,19H,6-9,11H2,1-3H3. The van der Waals surface area contributed by atoms with Crippen LogP contribution in [0.4, 0.5) is 0 Å². The van der Waals surface area contributed by atoms with E-state index in [9.17, 15) is 9.90 Å². The highest BCUT2D eigenvalue weighted by Crippen LogP contribution is 2.23. The summed E-state index contributed by atoms with van der Waals surface area (Å²) in [7, 11) is 0. The average Bonchev–Trinajstić information content (AvgIpc) is 2.36. The fourth-order valence-electron chi connectivity index (χ4n) is 2.46. The molecule has 1 heterocycles. The monoisotopic (exact) mass is 276 g/mol. The van der Waals surface area contributed by atoms with Crippen LogP contribution < -0.4 is 5.32 Å². The zero-order valence-electron chi connectivity index (χ0n) is 12.6. The lowest BCUT2D eigenvalue weighted by Crippen LogP contribution is -2.41. The number of nitrogens with zero attached hydrogens (tertiary/aromatic N) is 1. The van der Waals surface area contributed by atoms with Gasteiger partial charge in [0.25, 0.3) is 0 Å². The summed E-state index contributed by atoms with van der Waals surface area (Å²) in [4.78, 5) is 14.1. The van der Waals surface area contributed by atoms with E-state index in [0.29, 0.717) is 19.5 Å². The van der Waals surface area contributed by atoms with E-state index in [1.807, 2.05) is 11.0 Å². The van der Waals surface area contributed by atoms with E-state index >= 15 is 0 Å². The number of carbonyl (C=O) groups is 1. The van der Waals surface area contributed by atoms with E-state index in [0.717, 1.165) is 18.5 Å². The molecule has 2 N–H and O–H groups in total. The predicted molar refractivity (Wildman–Crippen MR) is 79.6 cm³/mol. The third kappa shape index (κ3) is 3.97. The number of phenolic OH excluding ortho intramolecular Hbond substituents is 1. The Morgan fingerprint density at radius 1 is 1.35 bits per heavy atom. The van der Waals surface area contributed by atoms with Crippen LogP contribution in [0.25, 0.3) is 0 Å². The zero-order valence-corrected chi connectivity index (χ0v) is 12.6. The van der Waals surface area contributed by atoms with E-state index in [2.05, 4.69) is 26.1 Å². The molecular weight excluding hydrogens is 252 g/mol. The number of hydrogen-bond acceptors (Lipinski definition) is 3. The SMILES string of the molecule is CC(C)(C)NCCC(=O)N1CCc2ccc(O)cc2C1. The van der Waals surface area contributed by atoms with Gasteiger partial charge in [-0.1, -0.05) is 6.07 Å². The van der Waals surface area contributed by atoms with Gasteiger partial charge >= 0.3 is 0 Å². The molecule has 1 aliphatic rings. The lowest BCUT2D eigenvalue weighted by atomic mass is 9.99. The van der Waals surface area contributed by atoms with Crippen molar-refractivity contribution >= 4 is 5.91 Å². The molecule has 4 nitrogen and oxygen atoms in total. The first-order valence-corrected chi connectivity index (χ1v) is 7.19. The molecule has 0 saturated carbocycles. The number of phenols is 1. The minimum Gasteiger partial charge on any atom is -0.508 e. The normalized spacial score (nSPS) is 15.1. The Morgan fingerprint density at radius 2 is 2.10 bits per heavy atom. The fraction of sp³-hybridized carbons (Fsp3) is 0.562. The molecule has 0 radical (unpaired) electrons. The van der Waals surface area contributed by atoms with Gasteiger partial charge in [0.05, 0.1) is 0 Å². The fourth-order valence-corrected chi connectivity index (χ4v) is 2.46. The minimum atomic E-state index is 0.0422. The van der Waals surface area contributed by atoms with E-state index in [1.165, 1.54) is 5.56 Å². The number of carbonyl (C=O) groups excluding carboxylic acids is 1. The first-order chi connectivity index (χ1) is 9.35. The highest BCUT2D eigenvalue weighted by molar-refractivity contribution is 5.76. The highest BCUT2D eigenvalue weighted by atomic mass is 16.3. The quantitative estimate of drug-likeness (QED) is 0.888. The van der Waals surface area contributed by atoms with Crippen molar-refractivity contribution < 1.29 is 9.90 Å². The number of nitrogens with one attached hydrogen (secondary N) is 1. The summed E-state index contributed by atoms with van der Waals surface area (Å²) in [5, 5.41) is 12.9. The zero-order chi connectivity index (χ0) is 14.8. The summed E-state index contributed by atoms with van der Waals surface area (Å²) in [6, 6.07) is 5.43. The van der Waals surface area contributed by atoms with Crippen LogP contribution >= 0.6 is 0 Å². The van der Waals surface area contributed by atoms with Gasteiger partial charge in [-0.05, 0) is 50.5 Å². The molecule has 0 bridgehead atoms. The van der Waals surface area contributed by atoms with Crippen molar-refractivity contribution in [2.75, 3.05) is 13.1 Å². The van der Waals surface area contributed by atoms with Crippen LogP contribution in [0.15, 0.2) is 18.2 Å². The molecule has 2 rings (SSSR count). The summed E-state index contributed by atoms with van der Waals surface area (Å²) >= 11 is 0. The van der Waals surface area contributed by atoms with Crippen molar-refractivity contribution in [2.24, 2.45) is 0 Å². The Labute approximate surface area is 120 Å². The molecule has 0 aromatic heterocycles. The number of hydrogen-bond donors (Lipinski definition) is 2. The molecule has 0 spiro atoms. The van der Waals surface area contributed by atoms with Crippen LogP contribution in [-0.2, 0) is 17.8 Å². The topological polar surface area (TPSA) is 52.6 Å². The lowest BCUT2D eigenvalue weighted by molar-refractivity contribution is -0.132. The molecule has 0 saturated heterocycles. The maximum atomic E-state index is 12.2. The van der Waals surface area contributed by atoms with E-state index in [1.54, 1.807) is 12.1 Å². The molecule has 110 valence electrons. The lowest BCUT2D eigenvalue weighted by Gasteiger charge is -2.29. The van der Waals surface area contributed by atoms with Crippen LogP contribution in [-0.4, -0.2) is 34.5 Å². The van der Waals surface area contributed by atoms with E-state index in [4.69, 9.17) is 0 Å². The molecule has 1 aromatic rings. The van der Waals surface area contributed by atoms with Gasteiger partial charge in [0.1, 0.15) is 5.75 Å². The third-order valence-electron chi connectivity index (χ3n) is 3.55. The number of benzene rings is 1. The summed E-state index contributed by atoms with van der Waals surface area (Å²) in [6.45, 7) is 8.36. The molecule has 0 atom stereocenters. The summed E-state index contributed by atoms with van der Waals surface area (Å²) in [5.74, 6) is 0.447. The first kappa shape index (κ1) is 14.9.